The van der Waals surface area contributed by atoms with E-state index in [-0.39, 0.29) is 0 Å². The molecule has 0 spiro atoms. The molecule has 0 atom stereocenters. The summed E-state index contributed by atoms with van der Waals surface area (Å²) in [7, 11) is 0. The monoisotopic (exact) mass is 141 g/mol. The van der Waals surface area contributed by atoms with Crippen LogP contribution in [0.3, 0.4) is 0 Å². The van der Waals surface area contributed by atoms with Gasteiger partial charge in [-0.1, -0.05) is 26.7 Å². The third kappa shape index (κ3) is 7.67. The molecular weight excluding hydrogens is 122 g/mol. The molecule has 0 saturated heterocycles. The normalized spacial score (nSPS) is 10.4. The molecule has 0 amide bonds. The van der Waals surface area contributed by atoms with Crippen LogP contribution in [0.2, 0.25) is 0 Å². The summed E-state index contributed by atoms with van der Waals surface area (Å²) < 4.78 is 0. The van der Waals surface area contributed by atoms with Crippen molar-refractivity contribution in [1.82, 2.24) is 0 Å². The molecule has 0 aromatic heterocycles. The maximum atomic E-state index is 7.18. The second kappa shape index (κ2) is 5.45. The second-order valence-electron chi connectivity index (χ2n) is 3.42. The highest BCUT2D eigenvalue weighted by Gasteiger charge is 1.94. The maximum absolute atomic E-state index is 7.18. The number of hydrogen-bond donors (Lipinski definition) is 1. The Morgan fingerprint density at radius 3 is 2.30 bits per heavy atom. The molecule has 1 nitrogen and oxygen atoms in total. The standard InChI is InChI=1S/C9H19N/c1-8(2)6-4-5-7-9(3)10/h8,10H,4-7H2,1-3H3. The van der Waals surface area contributed by atoms with Crippen molar-refractivity contribution in [3.05, 3.63) is 0 Å². The summed E-state index contributed by atoms with van der Waals surface area (Å²) in [5, 5.41) is 7.18. The first kappa shape index (κ1) is 9.67. The fourth-order valence-electron chi connectivity index (χ4n) is 0.943. The molecule has 0 rings (SSSR count). The lowest BCUT2D eigenvalue weighted by molar-refractivity contribution is 0.543. The fraction of sp³-hybridized carbons (Fsp3) is 0.889. The number of rotatable bonds is 5. The van der Waals surface area contributed by atoms with E-state index < -0.39 is 0 Å². The highest BCUT2D eigenvalue weighted by atomic mass is 14.4. The van der Waals surface area contributed by atoms with Crippen LogP contribution >= 0.6 is 0 Å². The Morgan fingerprint density at radius 1 is 1.30 bits per heavy atom. The van der Waals surface area contributed by atoms with Crippen molar-refractivity contribution < 1.29 is 0 Å². The van der Waals surface area contributed by atoms with Crippen LogP contribution in [0.4, 0.5) is 0 Å². The molecule has 0 aromatic carbocycles. The second-order valence-corrected chi connectivity index (χ2v) is 3.42. The molecule has 10 heavy (non-hydrogen) atoms. The van der Waals surface area contributed by atoms with Gasteiger partial charge in [0.1, 0.15) is 0 Å². The van der Waals surface area contributed by atoms with Crippen molar-refractivity contribution in [3.63, 3.8) is 0 Å². The molecule has 0 radical (unpaired) electrons. The summed E-state index contributed by atoms with van der Waals surface area (Å²) in [6.07, 6.45) is 4.79. The highest BCUT2D eigenvalue weighted by molar-refractivity contribution is 5.78. The first-order valence-electron chi connectivity index (χ1n) is 4.17. The Balaban J connectivity index is 2.98. The molecule has 0 fully saturated rings. The van der Waals surface area contributed by atoms with Gasteiger partial charge in [-0.15, -0.1) is 0 Å². The van der Waals surface area contributed by atoms with E-state index in [1.165, 1.54) is 19.3 Å². The summed E-state index contributed by atoms with van der Waals surface area (Å²) >= 11 is 0. The van der Waals surface area contributed by atoms with E-state index in [0.717, 1.165) is 18.1 Å². The lowest BCUT2D eigenvalue weighted by Crippen LogP contribution is -1.91. The molecule has 0 aliphatic carbocycles. The van der Waals surface area contributed by atoms with Crippen molar-refractivity contribution in [2.45, 2.75) is 46.5 Å². The molecule has 0 unspecified atom stereocenters. The number of unbranched alkanes of at least 4 members (excludes halogenated alkanes) is 1. The molecule has 1 N–H and O–H groups in total. The van der Waals surface area contributed by atoms with E-state index in [1.807, 2.05) is 6.92 Å². The average Bonchev–Trinajstić information content (AvgIpc) is 1.79. The van der Waals surface area contributed by atoms with Crippen LogP contribution in [0, 0.1) is 11.3 Å². The van der Waals surface area contributed by atoms with Gasteiger partial charge >= 0.3 is 0 Å². The summed E-state index contributed by atoms with van der Waals surface area (Å²) in [6.45, 7) is 6.38. The molecule has 0 aliphatic heterocycles. The molecule has 0 saturated carbocycles. The zero-order valence-corrected chi connectivity index (χ0v) is 7.41. The average molecular weight is 141 g/mol. The van der Waals surface area contributed by atoms with Crippen LogP contribution in [0.5, 0.6) is 0 Å². The van der Waals surface area contributed by atoms with Crippen molar-refractivity contribution >= 4 is 5.71 Å². The van der Waals surface area contributed by atoms with E-state index in [4.69, 9.17) is 5.41 Å². The van der Waals surface area contributed by atoms with Crippen molar-refractivity contribution in [3.8, 4) is 0 Å². The lowest BCUT2D eigenvalue weighted by Gasteiger charge is -2.02. The SMILES string of the molecule is CC(=N)CCCCC(C)C. The van der Waals surface area contributed by atoms with Gasteiger partial charge in [-0.25, -0.2) is 0 Å². The predicted molar refractivity (Wildman–Crippen MR) is 46.7 cm³/mol. The minimum atomic E-state index is 0.823. The molecule has 60 valence electrons. The summed E-state index contributed by atoms with van der Waals surface area (Å²) in [4.78, 5) is 0. The topological polar surface area (TPSA) is 23.9 Å². The first-order chi connectivity index (χ1) is 4.63. The van der Waals surface area contributed by atoms with Crippen LogP contribution in [0.1, 0.15) is 46.5 Å². The van der Waals surface area contributed by atoms with Crippen LogP contribution in [-0.4, -0.2) is 5.71 Å². The lowest BCUT2D eigenvalue weighted by atomic mass is 10.0. The van der Waals surface area contributed by atoms with Gasteiger partial charge in [0.2, 0.25) is 0 Å². The van der Waals surface area contributed by atoms with Gasteiger partial charge in [-0.2, -0.15) is 0 Å². The minimum Gasteiger partial charge on any atom is -0.310 e. The van der Waals surface area contributed by atoms with Crippen LogP contribution in [-0.2, 0) is 0 Å². The minimum absolute atomic E-state index is 0.823. The van der Waals surface area contributed by atoms with E-state index in [1.54, 1.807) is 0 Å². The van der Waals surface area contributed by atoms with Gasteiger partial charge in [-0.3, -0.25) is 0 Å². The number of hydrogen-bond acceptors (Lipinski definition) is 1. The van der Waals surface area contributed by atoms with Gasteiger partial charge in [0.15, 0.2) is 0 Å². The van der Waals surface area contributed by atoms with Gasteiger partial charge in [-0.05, 0) is 25.7 Å². The van der Waals surface area contributed by atoms with E-state index in [0.29, 0.717) is 0 Å². The Labute approximate surface area is 64.3 Å². The molecule has 0 aliphatic rings. The van der Waals surface area contributed by atoms with Gasteiger partial charge in [0.25, 0.3) is 0 Å². The van der Waals surface area contributed by atoms with Gasteiger partial charge in [0.05, 0.1) is 0 Å². The molecule has 0 bridgehead atoms. The zero-order valence-electron chi connectivity index (χ0n) is 7.41. The summed E-state index contributed by atoms with van der Waals surface area (Å²) in [5.41, 5.74) is 0.823. The quantitative estimate of drug-likeness (QED) is 0.449. The molecule has 0 aromatic rings. The molecule has 1 heteroatoms. The Hall–Kier alpha value is -0.330. The van der Waals surface area contributed by atoms with Crippen molar-refractivity contribution in [2.24, 2.45) is 5.92 Å². The van der Waals surface area contributed by atoms with E-state index >= 15 is 0 Å². The van der Waals surface area contributed by atoms with Crippen LogP contribution < -0.4 is 0 Å². The Bertz CT molecular complexity index is 94.9. The van der Waals surface area contributed by atoms with Gasteiger partial charge < -0.3 is 5.41 Å². The predicted octanol–water partition coefficient (Wildman–Crippen LogP) is 3.24. The fourth-order valence-corrected chi connectivity index (χ4v) is 0.943. The third-order valence-corrected chi connectivity index (χ3v) is 1.58. The van der Waals surface area contributed by atoms with E-state index in [9.17, 15) is 0 Å². The Morgan fingerprint density at radius 2 is 1.90 bits per heavy atom. The largest absolute Gasteiger partial charge is 0.310 e. The molecule has 0 heterocycles. The Kier molecular flexibility index (Phi) is 5.27. The van der Waals surface area contributed by atoms with Crippen LogP contribution in [0.25, 0.3) is 0 Å². The third-order valence-electron chi connectivity index (χ3n) is 1.58. The van der Waals surface area contributed by atoms with E-state index in [2.05, 4.69) is 13.8 Å². The van der Waals surface area contributed by atoms with Gasteiger partial charge in [0, 0.05) is 5.71 Å². The number of nitrogens with one attached hydrogen (secondary N) is 1. The van der Waals surface area contributed by atoms with Crippen molar-refractivity contribution in [2.75, 3.05) is 0 Å². The van der Waals surface area contributed by atoms with Crippen LogP contribution in [0.15, 0.2) is 0 Å². The highest BCUT2D eigenvalue weighted by Crippen LogP contribution is 2.07. The summed E-state index contributed by atoms with van der Waals surface area (Å²) in [6, 6.07) is 0. The smallest absolute Gasteiger partial charge is 0.00582 e. The zero-order chi connectivity index (χ0) is 7.98. The first-order valence-corrected chi connectivity index (χ1v) is 4.17. The molecular formula is C9H19N. The maximum Gasteiger partial charge on any atom is 0.00582 e. The van der Waals surface area contributed by atoms with Crippen molar-refractivity contribution in [1.29, 1.82) is 5.41 Å². The summed E-state index contributed by atoms with van der Waals surface area (Å²) in [5.74, 6) is 0.825.